The Hall–Kier alpha value is -2.20. The van der Waals surface area contributed by atoms with Crippen LogP contribution in [0.4, 0.5) is 11.4 Å². The average Bonchev–Trinajstić information content (AvgIpc) is 2.49. The molecule has 0 unspecified atom stereocenters. The number of ether oxygens (including phenoxy) is 1. The third kappa shape index (κ3) is 4.68. The van der Waals surface area contributed by atoms with E-state index in [0.717, 1.165) is 11.4 Å². The van der Waals surface area contributed by atoms with Crippen molar-refractivity contribution in [3.8, 4) is 5.75 Å². The zero-order chi connectivity index (χ0) is 15.1. The molecule has 0 fully saturated rings. The van der Waals surface area contributed by atoms with E-state index in [1.165, 1.54) is 0 Å². The molecule has 1 amide bonds. The third-order valence-electron chi connectivity index (χ3n) is 2.77. The predicted molar refractivity (Wildman–Crippen MR) is 86.2 cm³/mol. The molecule has 2 aromatic rings. The maximum absolute atomic E-state index is 11.9. The highest BCUT2D eigenvalue weighted by molar-refractivity contribution is 6.33. The highest BCUT2D eigenvalue weighted by atomic mass is 35.5. The molecule has 110 valence electrons. The van der Waals surface area contributed by atoms with Gasteiger partial charge < -0.3 is 15.4 Å². The second kappa shape index (κ2) is 7.55. The lowest BCUT2D eigenvalue weighted by Gasteiger charge is -2.09. The average molecular weight is 305 g/mol. The quantitative estimate of drug-likeness (QED) is 0.853. The van der Waals surface area contributed by atoms with E-state index in [2.05, 4.69) is 10.6 Å². The highest BCUT2D eigenvalue weighted by Gasteiger charge is 2.05. The zero-order valence-corrected chi connectivity index (χ0v) is 12.5. The number of nitrogens with one attached hydrogen (secondary N) is 2. The van der Waals surface area contributed by atoms with Gasteiger partial charge in [-0.05, 0) is 43.3 Å². The molecule has 0 heterocycles. The van der Waals surface area contributed by atoms with Gasteiger partial charge >= 0.3 is 0 Å². The lowest BCUT2D eigenvalue weighted by molar-refractivity contribution is -0.114. The maximum Gasteiger partial charge on any atom is 0.243 e. The van der Waals surface area contributed by atoms with Crippen molar-refractivity contribution in [3.63, 3.8) is 0 Å². The Morgan fingerprint density at radius 1 is 1.14 bits per heavy atom. The summed E-state index contributed by atoms with van der Waals surface area (Å²) in [6.45, 7) is 2.73. The molecule has 2 N–H and O–H groups in total. The van der Waals surface area contributed by atoms with Gasteiger partial charge in [0, 0.05) is 5.69 Å². The number of anilines is 2. The molecular weight excluding hydrogens is 288 g/mol. The van der Waals surface area contributed by atoms with Gasteiger partial charge in [-0.15, -0.1) is 0 Å². The number of rotatable bonds is 6. The van der Waals surface area contributed by atoms with E-state index in [1.54, 1.807) is 12.1 Å². The molecule has 0 saturated carbocycles. The van der Waals surface area contributed by atoms with Crippen molar-refractivity contribution in [2.45, 2.75) is 6.92 Å². The number of para-hydroxylation sites is 1. The maximum atomic E-state index is 11.9. The summed E-state index contributed by atoms with van der Waals surface area (Å²) in [6, 6.07) is 14.6. The van der Waals surface area contributed by atoms with Crippen molar-refractivity contribution in [3.05, 3.63) is 53.6 Å². The lowest BCUT2D eigenvalue weighted by Crippen LogP contribution is -2.21. The molecule has 0 aliphatic rings. The molecule has 0 saturated heterocycles. The van der Waals surface area contributed by atoms with Crippen molar-refractivity contribution in [1.29, 1.82) is 0 Å². The van der Waals surface area contributed by atoms with Crippen LogP contribution in [0.3, 0.4) is 0 Å². The normalized spacial score (nSPS) is 10.0. The number of hydrogen-bond acceptors (Lipinski definition) is 3. The standard InChI is InChI=1S/C16H17ClN2O2/c1-2-21-13-9-7-12(8-10-13)18-11-16(20)19-15-6-4-3-5-14(15)17/h3-10,18H,2,11H2,1H3,(H,19,20). The van der Waals surface area contributed by atoms with Gasteiger partial charge in [-0.3, -0.25) is 4.79 Å². The number of benzene rings is 2. The van der Waals surface area contributed by atoms with Crippen LogP contribution in [0.15, 0.2) is 48.5 Å². The lowest BCUT2D eigenvalue weighted by atomic mass is 10.3. The minimum Gasteiger partial charge on any atom is -0.494 e. The van der Waals surface area contributed by atoms with Crippen molar-refractivity contribution in [1.82, 2.24) is 0 Å². The zero-order valence-electron chi connectivity index (χ0n) is 11.7. The SMILES string of the molecule is CCOc1ccc(NCC(=O)Nc2ccccc2Cl)cc1. The Kier molecular flexibility index (Phi) is 5.46. The number of carbonyl (C=O) groups is 1. The second-order valence-electron chi connectivity index (χ2n) is 4.34. The van der Waals surface area contributed by atoms with Gasteiger partial charge in [-0.25, -0.2) is 0 Å². The first-order valence-electron chi connectivity index (χ1n) is 6.70. The number of hydrogen-bond donors (Lipinski definition) is 2. The Labute approximate surface area is 129 Å². The van der Waals surface area contributed by atoms with Crippen LogP contribution in [0.25, 0.3) is 0 Å². The number of carbonyl (C=O) groups excluding carboxylic acids is 1. The first-order valence-corrected chi connectivity index (χ1v) is 7.08. The van der Waals surface area contributed by atoms with E-state index in [0.29, 0.717) is 17.3 Å². The van der Waals surface area contributed by atoms with E-state index < -0.39 is 0 Å². The van der Waals surface area contributed by atoms with Crippen LogP contribution in [0.5, 0.6) is 5.75 Å². The van der Waals surface area contributed by atoms with Crippen molar-refractivity contribution in [2.75, 3.05) is 23.8 Å². The van der Waals surface area contributed by atoms with Crippen LogP contribution in [-0.2, 0) is 4.79 Å². The van der Waals surface area contributed by atoms with Crippen LogP contribution >= 0.6 is 11.6 Å². The first kappa shape index (κ1) is 15.2. The van der Waals surface area contributed by atoms with Gasteiger partial charge in [0.05, 0.1) is 23.9 Å². The van der Waals surface area contributed by atoms with Gasteiger partial charge in [0.2, 0.25) is 5.91 Å². The monoisotopic (exact) mass is 304 g/mol. The van der Waals surface area contributed by atoms with Crippen LogP contribution in [0, 0.1) is 0 Å². The molecule has 4 nitrogen and oxygen atoms in total. The fourth-order valence-electron chi connectivity index (χ4n) is 1.77. The third-order valence-corrected chi connectivity index (χ3v) is 3.10. The van der Waals surface area contributed by atoms with Gasteiger partial charge in [0.15, 0.2) is 0 Å². The van der Waals surface area contributed by atoms with Gasteiger partial charge in [-0.2, -0.15) is 0 Å². The fourth-order valence-corrected chi connectivity index (χ4v) is 1.96. The predicted octanol–water partition coefficient (Wildman–Crippen LogP) is 3.79. The molecule has 2 aromatic carbocycles. The molecule has 0 atom stereocenters. The smallest absolute Gasteiger partial charge is 0.243 e. The molecule has 0 aromatic heterocycles. The highest BCUT2D eigenvalue weighted by Crippen LogP contribution is 2.20. The van der Waals surface area contributed by atoms with E-state index >= 15 is 0 Å². The summed E-state index contributed by atoms with van der Waals surface area (Å²) in [5.41, 5.74) is 1.46. The van der Waals surface area contributed by atoms with Crippen LogP contribution in [0.2, 0.25) is 5.02 Å². The first-order chi connectivity index (χ1) is 10.2. The molecule has 0 bridgehead atoms. The molecular formula is C16H17ClN2O2. The van der Waals surface area contributed by atoms with E-state index in [-0.39, 0.29) is 12.5 Å². The summed E-state index contributed by atoms with van der Waals surface area (Å²) in [5.74, 6) is 0.653. The minimum atomic E-state index is -0.156. The second-order valence-corrected chi connectivity index (χ2v) is 4.75. The molecule has 0 radical (unpaired) electrons. The number of amides is 1. The molecule has 0 aliphatic heterocycles. The summed E-state index contributed by atoms with van der Waals surface area (Å²) >= 11 is 5.98. The van der Waals surface area contributed by atoms with Crippen molar-refractivity contribution >= 4 is 28.9 Å². The summed E-state index contributed by atoms with van der Waals surface area (Å²) in [6.07, 6.45) is 0. The summed E-state index contributed by atoms with van der Waals surface area (Å²) in [5, 5.41) is 6.32. The Balaban J connectivity index is 1.85. The summed E-state index contributed by atoms with van der Waals surface area (Å²) < 4.78 is 5.36. The Morgan fingerprint density at radius 3 is 2.52 bits per heavy atom. The Bertz CT molecular complexity index is 599. The van der Waals surface area contributed by atoms with Crippen LogP contribution in [0.1, 0.15) is 6.92 Å². The largest absolute Gasteiger partial charge is 0.494 e. The minimum absolute atomic E-state index is 0.156. The number of halogens is 1. The Morgan fingerprint density at radius 2 is 1.86 bits per heavy atom. The van der Waals surface area contributed by atoms with E-state index in [9.17, 15) is 4.79 Å². The van der Waals surface area contributed by atoms with Crippen molar-refractivity contribution < 1.29 is 9.53 Å². The fraction of sp³-hybridized carbons (Fsp3) is 0.188. The topological polar surface area (TPSA) is 50.4 Å². The van der Waals surface area contributed by atoms with Crippen molar-refractivity contribution in [2.24, 2.45) is 0 Å². The van der Waals surface area contributed by atoms with Crippen LogP contribution in [-0.4, -0.2) is 19.1 Å². The molecule has 0 spiro atoms. The summed E-state index contributed by atoms with van der Waals surface area (Å²) in [4.78, 5) is 11.9. The van der Waals surface area contributed by atoms with Gasteiger partial charge in [0.25, 0.3) is 0 Å². The summed E-state index contributed by atoms with van der Waals surface area (Å²) in [7, 11) is 0. The molecule has 5 heteroatoms. The molecule has 0 aliphatic carbocycles. The van der Waals surface area contributed by atoms with Gasteiger partial charge in [-0.1, -0.05) is 23.7 Å². The van der Waals surface area contributed by atoms with Gasteiger partial charge in [0.1, 0.15) is 5.75 Å². The molecule has 21 heavy (non-hydrogen) atoms. The van der Waals surface area contributed by atoms with Crippen LogP contribution < -0.4 is 15.4 Å². The van der Waals surface area contributed by atoms with E-state index in [1.807, 2.05) is 43.3 Å². The molecule has 2 rings (SSSR count). The van der Waals surface area contributed by atoms with E-state index in [4.69, 9.17) is 16.3 Å².